The van der Waals surface area contributed by atoms with Crippen molar-refractivity contribution in [3.05, 3.63) is 65.2 Å². The first kappa shape index (κ1) is 14.4. The standard InChI is InChI=1S/C17H13NO3/c1-21-17-9-5-12(10-16(17)20)4-8-15(19)14-6-2-13(11-18)3-7-14/h2-10,20H,1H3/b8-4+. The number of benzene rings is 2. The number of nitriles is 1. The summed E-state index contributed by atoms with van der Waals surface area (Å²) in [7, 11) is 1.47. The van der Waals surface area contributed by atoms with Crippen LogP contribution in [0.4, 0.5) is 0 Å². The van der Waals surface area contributed by atoms with E-state index < -0.39 is 0 Å². The number of hydrogen-bond acceptors (Lipinski definition) is 4. The maximum absolute atomic E-state index is 12.0. The highest BCUT2D eigenvalue weighted by Crippen LogP contribution is 2.26. The van der Waals surface area contributed by atoms with Gasteiger partial charge in [0.05, 0.1) is 18.7 Å². The first-order valence-electron chi connectivity index (χ1n) is 6.23. The molecule has 0 heterocycles. The van der Waals surface area contributed by atoms with E-state index in [1.165, 1.54) is 19.3 Å². The largest absolute Gasteiger partial charge is 0.504 e. The number of allylic oxidation sites excluding steroid dienone is 1. The molecule has 0 spiro atoms. The molecule has 4 nitrogen and oxygen atoms in total. The number of ether oxygens (including phenoxy) is 1. The van der Waals surface area contributed by atoms with Crippen LogP contribution in [-0.4, -0.2) is 18.0 Å². The summed E-state index contributed by atoms with van der Waals surface area (Å²) < 4.78 is 4.95. The molecule has 0 saturated heterocycles. The van der Waals surface area contributed by atoms with Gasteiger partial charge in [0.25, 0.3) is 0 Å². The minimum absolute atomic E-state index is 0.0190. The Morgan fingerprint density at radius 3 is 2.52 bits per heavy atom. The molecule has 0 bridgehead atoms. The second-order valence-corrected chi connectivity index (χ2v) is 4.32. The summed E-state index contributed by atoms with van der Waals surface area (Å²) in [4.78, 5) is 12.0. The lowest BCUT2D eigenvalue weighted by Crippen LogP contribution is -1.93. The summed E-state index contributed by atoms with van der Waals surface area (Å²) in [6.07, 6.45) is 3.03. The van der Waals surface area contributed by atoms with Crippen LogP contribution in [0.25, 0.3) is 6.08 Å². The minimum atomic E-state index is -0.171. The lowest BCUT2D eigenvalue weighted by Gasteiger charge is -2.03. The fourth-order valence-corrected chi connectivity index (χ4v) is 1.79. The third-order valence-electron chi connectivity index (χ3n) is 2.93. The third kappa shape index (κ3) is 3.48. The Morgan fingerprint density at radius 1 is 1.24 bits per heavy atom. The first-order chi connectivity index (χ1) is 10.1. The zero-order chi connectivity index (χ0) is 15.2. The van der Waals surface area contributed by atoms with E-state index in [0.29, 0.717) is 22.4 Å². The number of aromatic hydroxyl groups is 1. The van der Waals surface area contributed by atoms with E-state index in [0.717, 1.165) is 0 Å². The number of methoxy groups -OCH3 is 1. The summed E-state index contributed by atoms with van der Waals surface area (Å²) in [6, 6.07) is 13.3. The van der Waals surface area contributed by atoms with Gasteiger partial charge >= 0.3 is 0 Å². The van der Waals surface area contributed by atoms with Gasteiger partial charge in [-0.25, -0.2) is 0 Å². The molecule has 2 aromatic carbocycles. The Morgan fingerprint density at radius 2 is 1.95 bits per heavy atom. The summed E-state index contributed by atoms with van der Waals surface area (Å²) >= 11 is 0. The normalized spacial score (nSPS) is 10.3. The van der Waals surface area contributed by atoms with Gasteiger partial charge in [0.2, 0.25) is 0 Å². The average molecular weight is 279 g/mol. The molecule has 0 aromatic heterocycles. The molecule has 2 aromatic rings. The molecule has 2 rings (SSSR count). The van der Waals surface area contributed by atoms with Crippen LogP contribution >= 0.6 is 0 Å². The van der Waals surface area contributed by atoms with Gasteiger partial charge in [0, 0.05) is 5.56 Å². The van der Waals surface area contributed by atoms with Crippen LogP contribution < -0.4 is 4.74 Å². The Balaban J connectivity index is 2.14. The maximum Gasteiger partial charge on any atom is 0.185 e. The fourth-order valence-electron chi connectivity index (χ4n) is 1.79. The summed E-state index contributed by atoms with van der Waals surface area (Å²) in [5.41, 5.74) is 1.70. The smallest absolute Gasteiger partial charge is 0.185 e. The van der Waals surface area contributed by atoms with Crippen molar-refractivity contribution in [3.8, 4) is 17.6 Å². The van der Waals surface area contributed by atoms with Crippen molar-refractivity contribution >= 4 is 11.9 Å². The molecule has 0 saturated carbocycles. The number of phenols is 1. The molecule has 0 unspecified atom stereocenters. The monoisotopic (exact) mass is 279 g/mol. The molecule has 0 radical (unpaired) electrons. The molecule has 0 aliphatic carbocycles. The zero-order valence-corrected chi connectivity index (χ0v) is 11.4. The third-order valence-corrected chi connectivity index (χ3v) is 2.93. The van der Waals surface area contributed by atoms with Crippen molar-refractivity contribution in [3.63, 3.8) is 0 Å². The van der Waals surface area contributed by atoms with E-state index in [9.17, 15) is 9.90 Å². The van der Waals surface area contributed by atoms with Crippen molar-refractivity contribution in [1.82, 2.24) is 0 Å². The summed E-state index contributed by atoms with van der Waals surface area (Å²) in [5.74, 6) is 0.228. The molecule has 0 atom stereocenters. The van der Waals surface area contributed by atoms with Crippen LogP contribution in [0.5, 0.6) is 11.5 Å². The molecular formula is C17H13NO3. The van der Waals surface area contributed by atoms with Crippen molar-refractivity contribution in [2.75, 3.05) is 7.11 Å². The molecule has 0 aliphatic heterocycles. The highest BCUT2D eigenvalue weighted by Gasteiger charge is 2.03. The van der Waals surface area contributed by atoms with Gasteiger partial charge in [0.15, 0.2) is 17.3 Å². The van der Waals surface area contributed by atoms with Gasteiger partial charge < -0.3 is 9.84 Å². The summed E-state index contributed by atoms with van der Waals surface area (Å²) in [5, 5.41) is 18.4. The molecule has 0 aliphatic rings. The van der Waals surface area contributed by atoms with Gasteiger partial charge in [0.1, 0.15) is 0 Å². The van der Waals surface area contributed by atoms with E-state index in [2.05, 4.69) is 0 Å². The van der Waals surface area contributed by atoms with Gasteiger partial charge in [-0.1, -0.05) is 12.1 Å². The van der Waals surface area contributed by atoms with Gasteiger partial charge in [-0.05, 0) is 48.0 Å². The van der Waals surface area contributed by atoms with Gasteiger partial charge in [-0.3, -0.25) is 4.79 Å². The van der Waals surface area contributed by atoms with Crippen LogP contribution in [0.2, 0.25) is 0 Å². The molecular weight excluding hydrogens is 266 g/mol. The summed E-state index contributed by atoms with van der Waals surface area (Å²) in [6.45, 7) is 0. The predicted octanol–water partition coefficient (Wildman–Crippen LogP) is 3.17. The fraction of sp³-hybridized carbons (Fsp3) is 0.0588. The topological polar surface area (TPSA) is 70.3 Å². The van der Waals surface area contributed by atoms with Gasteiger partial charge in [-0.15, -0.1) is 0 Å². The number of carbonyl (C=O) groups is 1. The zero-order valence-electron chi connectivity index (χ0n) is 11.4. The number of hydrogen-bond donors (Lipinski definition) is 1. The number of rotatable bonds is 4. The SMILES string of the molecule is COc1ccc(/C=C/C(=O)c2ccc(C#N)cc2)cc1O. The van der Waals surface area contributed by atoms with Crippen LogP contribution in [0, 0.1) is 11.3 Å². The van der Waals surface area contributed by atoms with E-state index in [4.69, 9.17) is 10.00 Å². The second-order valence-electron chi connectivity index (χ2n) is 4.32. The van der Waals surface area contributed by atoms with Crippen LogP contribution in [-0.2, 0) is 0 Å². The van der Waals surface area contributed by atoms with Crippen LogP contribution in [0.15, 0.2) is 48.5 Å². The van der Waals surface area contributed by atoms with Crippen molar-refractivity contribution in [1.29, 1.82) is 5.26 Å². The second kappa shape index (κ2) is 6.40. The Bertz CT molecular complexity index is 725. The molecule has 0 amide bonds. The quantitative estimate of drug-likeness (QED) is 0.689. The molecule has 0 fully saturated rings. The number of nitrogens with zero attached hydrogens (tertiary/aromatic N) is 1. The van der Waals surface area contributed by atoms with Crippen LogP contribution in [0.3, 0.4) is 0 Å². The lowest BCUT2D eigenvalue weighted by atomic mass is 10.1. The Kier molecular flexibility index (Phi) is 4.37. The van der Waals surface area contributed by atoms with Crippen molar-refractivity contribution < 1.29 is 14.6 Å². The molecule has 21 heavy (non-hydrogen) atoms. The lowest BCUT2D eigenvalue weighted by molar-refractivity contribution is 0.104. The van der Waals surface area contributed by atoms with E-state index in [1.54, 1.807) is 42.5 Å². The number of carbonyl (C=O) groups excluding carboxylic acids is 1. The molecule has 4 heteroatoms. The predicted molar refractivity (Wildman–Crippen MR) is 79.2 cm³/mol. The highest BCUT2D eigenvalue weighted by molar-refractivity contribution is 6.06. The number of phenolic OH excluding ortho intramolecular Hbond substituents is 1. The van der Waals surface area contributed by atoms with Crippen molar-refractivity contribution in [2.24, 2.45) is 0 Å². The molecule has 104 valence electrons. The van der Waals surface area contributed by atoms with Crippen LogP contribution in [0.1, 0.15) is 21.5 Å². The highest BCUT2D eigenvalue weighted by atomic mass is 16.5. The van der Waals surface area contributed by atoms with Crippen molar-refractivity contribution in [2.45, 2.75) is 0 Å². The van der Waals surface area contributed by atoms with E-state index in [1.807, 2.05) is 6.07 Å². The number of ketones is 1. The maximum atomic E-state index is 12.0. The van der Waals surface area contributed by atoms with Gasteiger partial charge in [-0.2, -0.15) is 5.26 Å². The minimum Gasteiger partial charge on any atom is -0.504 e. The average Bonchev–Trinajstić information content (AvgIpc) is 2.52. The van der Waals surface area contributed by atoms with E-state index >= 15 is 0 Å². The molecule has 1 N–H and O–H groups in total. The first-order valence-corrected chi connectivity index (χ1v) is 6.23. The Labute approximate surface area is 122 Å². The Hall–Kier alpha value is -3.06. The van der Waals surface area contributed by atoms with E-state index in [-0.39, 0.29) is 11.5 Å².